The molecule has 0 aromatic heterocycles. The predicted octanol–water partition coefficient (Wildman–Crippen LogP) is 2.17. The maximum Gasteiger partial charge on any atom is 0.326 e. The molecule has 1 rings (SSSR count). The Hall–Kier alpha value is -2.11. The third-order valence-electron chi connectivity index (χ3n) is 2.92. The predicted molar refractivity (Wildman–Crippen MR) is 77.5 cm³/mol. The fraction of sp³-hybridized carbons (Fsp3) is 0.467. The molecular formula is C15H21FN2O3. The van der Waals surface area contributed by atoms with E-state index >= 15 is 0 Å². The quantitative estimate of drug-likeness (QED) is 0.721. The Balaban J connectivity index is 2.35. The minimum Gasteiger partial charge on any atom is -0.480 e. The molecule has 21 heavy (non-hydrogen) atoms. The summed E-state index contributed by atoms with van der Waals surface area (Å²) < 4.78 is 12.7. The van der Waals surface area contributed by atoms with Crippen molar-refractivity contribution in [2.75, 3.05) is 6.54 Å². The number of benzene rings is 1. The van der Waals surface area contributed by atoms with Gasteiger partial charge in [0.05, 0.1) is 0 Å². The normalized spacial score (nSPS) is 12.0. The summed E-state index contributed by atoms with van der Waals surface area (Å²) in [5, 5.41) is 14.1. The lowest BCUT2D eigenvalue weighted by Gasteiger charge is -2.16. The highest BCUT2D eigenvalue weighted by Gasteiger charge is 2.20. The summed E-state index contributed by atoms with van der Waals surface area (Å²) in [6.07, 6.45) is 0.927. The van der Waals surface area contributed by atoms with Crippen molar-refractivity contribution in [2.24, 2.45) is 5.92 Å². The number of rotatable bonds is 7. The number of urea groups is 1. The smallest absolute Gasteiger partial charge is 0.326 e. The van der Waals surface area contributed by atoms with E-state index in [0.29, 0.717) is 19.4 Å². The van der Waals surface area contributed by atoms with Crippen LogP contribution in [-0.4, -0.2) is 29.7 Å². The van der Waals surface area contributed by atoms with Gasteiger partial charge in [-0.15, -0.1) is 0 Å². The van der Waals surface area contributed by atoms with Gasteiger partial charge in [0, 0.05) is 6.54 Å². The molecule has 0 aliphatic carbocycles. The summed E-state index contributed by atoms with van der Waals surface area (Å²) in [6.45, 7) is 4.14. The zero-order valence-electron chi connectivity index (χ0n) is 12.2. The van der Waals surface area contributed by atoms with Crippen LogP contribution in [0.5, 0.6) is 0 Å². The Morgan fingerprint density at radius 2 is 1.86 bits per heavy atom. The lowest BCUT2D eigenvalue weighted by Crippen LogP contribution is -2.47. The van der Waals surface area contributed by atoms with Gasteiger partial charge in [0.1, 0.15) is 11.9 Å². The average Bonchev–Trinajstić information content (AvgIpc) is 2.39. The highest BCUT2D eigenvalue weighted by molar-refractivity contribution is 5.82. The molecule has 0 unspecified atom stereocenters. The second-order valence-electron chi connectivity index (χ2n) is 5.30. The van der Waals surface area contributed by atoms with Crippen LogP contribution in [0.15, 0.2) is 24.3 Å². The second kappa shape index (κ2) is 8.24. The average molecular weight is 296 g/mol. The molecule has 0 fully saturated rings. The van der Waals surface area contributed by atoms with E-state index in [1.165, 1.54) is 12.1 Å². The third kappa shape index (κ3) is 6.74. The molecule has 0 radical (unpaired) electrons. The van der Waals surface area contributed by atoms with Gasteiger partial charge in [-0.25, -0.2) is 14.0 Å². The monoisotopic (exact) mass is 296 g/mol. The first-order chi connectivity index (χ1) is 9.88. The topological polar surface area (TPSA) is 78.4 Å². The van der Waals surface area contributed by atoms with Crippen molar-refractivity contribution in [3.63, 3.8) is 0 Å². The van der Waals surface area contributed by atoms with Crippen molar-refractivity contribution in [1.29, 1.82) is 0 Å². The zero-order chi connectivity index (χ0) is 15.8. The minimum atomic E-state index is -1.04. The van der Waals surface area contributed by atoms with E-state index in [-0.39, 0.29) is 11.7 Å². The standard InChI is InChI=1S/C15H21FN2O3/c1-10(2)9-13(14(19)20)18-15(21)17-8-7-11-3-5-12(16)6-4-11/h3-6,10,13H,7-9H2,1-2H3,(H,19,20)(H2,17,18,21)/t13-/m1/s1. The van der Waals surface area contributed by atoms with Crippen molar-refractivity contribution in [3.05, 3.63) is 35.6 Å². The van der Waals surface area contributed by atoms with E-state index in [9.17, 15) is 14.0 Å². The number of carbonyl (C=O) groups excluding carboxylic acids is 1. The van der Waals surface area contributed by atoms with E-state index in [1.807, 2.05) is 13.8 Å². The molecule has 0 bridgehead atoms. The van der Waals surface area contributed by atoms with Crippen molar-refractivity contribution >= 4 is 12.0 Å². The number of amides is 2. The molecule has 6 heteroatoms. The van der Waals surface area contributed by atoms with E-state index in [4.69, 9.17) is 5.11 Å². The largest absolute Gasteiger partial charge is 0.480 e. The Morgan fingerprint density at radius 1 is 1.24 bits per heavy atom. The van der Waals surface area contributed by atoms with Gasteiger partial charge in [-0.3, -0.25) is 0 Å². The molecule has 0 aliphatic rings. The highest BCUT2D eigenvalue weighted by atomic mass is 19.1. The molecule has 3 N–H and O–H groups in total. The molecule has 2 amide bonds. The summed E-state index contributed by atoms with van der Waals surface area (Å²) in [7, 11) is 0. The van der Waals surface area contributed by atoms with E-state index in [0.717, 1.165) is 5.56 Å². The zero-order valence-corrected chi connectivity index (χ0v) is 12.2. The Labute approximate surface area is 123 Å². The molecule has 116 valence electrons. The Bertz CT molecular complexity index is 474. The van der Waals surface area contributed by atoms with Crippen LogP contribution in [-0.2, 0) is 11.2 Å². The van der Waals surface area contributed by atoms with Crippen molar-refractivity contribution in [1.82, 2.24) is 10.6 Å². The summed E-state index contributed by atoms with van der Waals surface area (Å²) >= 11 is 0. The number of aliphatic carboxylic acids is 1. The van der Waals surface area contributed by atoms with Crippen LogP contribution >= 0.6 is 0 Å². The van der Waals surface area contributed by atoms with Gasteiger partial charge in [0.25, 0.3) is 0 Å². The first-order valence-electron chi connectivity index (χ1n) is 6.90. The maximum atomic E-state index is 12.7. The highest BCUT2D eigenvalue weighted by Crippen LogP contribution is 2.05. The van der Waals surface area contributed by atoms with Crippen molar-refractivity contribution in [3.8, 4) is 0 Å². The van der Waals surface area contributed by atoms with Gasteiger partial charge in [-0.1, -0.05) is 26.0 Å². The van der Waals surface area contributed by atoms with E-state index in [2.05, 4.69) is 10.6 Å². The lowest BCUT2D eigenvalue weighted by atomic mass is 10.0. The fourth-order valence-electron chi connectivity index (χ4n) is 1.87. The second-order valence-corrected chi connectivity index (χ2v) is 5.30. The molecule has 0 saturated heterocycles. The number of hydrogen-bond donors (Lipinski definition) is 3. The lowest BCUT2D eigenvalue weighted by molar-refractivity contribution is -0.139. The molecule has 1 aromatic rings. The minimum absolute atomic E-state index is 0.172. The fourth-order valence-corrected chi connectivity index (χ4v) is 1.87. The number of halogens is 1. The number of hydrogen-bond acceptors (Lipinski definition) is 2. The van der Waals surface area contributed by atoms with Crippen molar-refractivity contribution in [2.45, 2.75) is 32.7 Å². The van der Waals surface area contributed by atoms with Crippen LogP contribution in [0.2, 0.25) is 0 Å². The van der Waals surface area contributed by atoms with E-state index in [1.54, 1.807) is 12.1 Å². The van der Waals surface area contributed by atoms with Gasteiger partial charge in [-0.2, -0.15) is 0 Å². The molecule has 1 atom stereocenters. The van der Waals surface area contributed by atoms with Crippen LogP contribution in [0.3, 0.4) is 0 Å². The first-order valence-corrected chi connectivity index (χ1v) is 6.90. The van der Waals surface area contributed by atoms with Crippen LogP contribution in [0.4, 0.5) is 9.18 Å². The number of carbonyl (C=O) groups is 2. The van der Waals surface area contributed by atoms with Gasteiger partial charge in [0.2, 0.25) is 0 Å². The van der Waals surface area contributed by atoms with E-state index < -0.39 is 18.0 Å². The molecular weight excluding hydrogens is 275 g/mol. The summed E-state index contributed by atoms with van der Waals surface area (Å²) in [5.74, 6) is -1.18. The van der Waals surface area contributed by atoms with Crippen LogP contribution < -0.4 is 10.6 Å². The van der Waals surface area contributed by atoms with Gasteiger partial charge in [0.15, 0.2) is 0 Å². The molecule has 1 aromatic carbocycles. The van der Waals surface area contributed by atoms with Gasteiger partial charge in [-0.05, 0) is 36.5 Å². The summed E-state index contributed by atoms with van der Waals surface area (Å²) in [6, 6.07) is 4.61. The first kappa shape index (κ1) is 16.9. The molecule has 0 spiro atoms. The van der Waals surface area contributed by atoms with Crippen molar-refractivity contribution < 1.29 is 19.1 Å². The summed E-state index contributed by atoms with van der Waals surface area (Å²) in [4.78, 5) is 22.7. The number of nitrogens with one attached hydrogen (secondary N) is 2. The third-order valence-corrected chi connectivity index (χ3v) is 2.92. The SMILES string of the molecule is CC(C)C[C@@H](NC(=O)NCCc1ccc(F)cc1)C(=O)O. The maximum absolute atomic E-state index is 12.7. The van der Waals surface area contributed by atoms with Crippen LogP contribution in [0.25, 0.3) is 0 Å². The Morgan fingerprint density at radius 3 is 2.38 bits per heavy atom. The molecule has 0 saturated carbocycles. The van der Waals surface area contributed by atoms with Gasteiger partial charge >= 0.3 is 12.0 Å². The molecule has 0 heterocycles. The molecule has 0 aliphatic heterocycles. The van der Waals surface area contributed by atoms with Crippen LogP contribution in [0.1, 0.15) is 25.8 Å². The molecule has 5 nitrogen and oxygen atoms in total. The van der Waals surface area contributed by atoms with Crippen LogP contribution in [0, 0.1) is 11.7 Å². The number of carboxylic acid groups (broad SMARTS) is 1. The summed E-state index contributed by atoms with van der Waals surface area (Å²) in [5.41, 5.74) is 0.897. The number of carboxylic acids is 1. The van der Waals surface area contributed by atoms with Gasteiger partial charge < -0.3 is 15.7 Å². The Kier molecular flexibility index (Phi) is 6.65.